The van der Waals surface area contributed by atoms with Gasteiger partial charge in [0.1, 0.15) is 0 Å². The standard InChI is InChI=1S/C16H26O2/c1-12(2)8-14-6-5-7-15(10-14)16(17)9-13(3)11-18-4/h5-7,10,12-13,16-17H,8-9,11H2,1-4H3. The van der Waals surface area contributed by atoms with Crippen molar-refractivity contribution in [1.82, 2.24) is 0 Å². The molecular weight excluding hydrogens is 224 g/mol. The van der Waals surface area contributed by atoms with Gasteiger partial charge >= 0.3 is 0 Å². The van der Waals surface area contributed by atoms with Crippen LogP contribution in [0.25, 0.3) is 0 Å². The summed E-state index contributed by atoms with van der Waals surface area (Å²) >= 11 is 0. The van der Waals surface area contributed by atoms with E-state index in [1.165, 1.54) is 5.56 Å². The zero-order chi connectivity index (χ0) is 13.5. The van der Waals surface area contributed by atoms with Crippen LogP contribution < -0.4 is 0 Å². The first-order valence-corrected chi connectivity index (χ1v) is 6.78. The molecule has 0 fully saturated rings. The third-order valence-corrected chi connectivity index (χ3v) is 3.06. The van der Waals surface area contributed by atoms with Crippen LogP contribution in [0.5, 0.6) is 0 Å². The summed E-state index contributed by atoms with van der Waals surface area (Å²) < 4.78 is 5.11. The van der Waals surface area contributed by atoms with Crippen LogP contribution >= 0.6 is 0 Å². The van der Waals surface area contributed by atoms with E-state index >= 15 is 0 Å². The average molecular weight is 250 g/mol. The van der Waals surface area contributed by atoms with E-state index in [4.69, 9.17) is 4.74 Å². The van der Waals surface area contributed by atoms with Crippen LogP contribution in [0, 0.1) is 11.8 Å². The predicted molar refractivity (Wildman–Crippen MR) is 75.6 cm³/mol. The van der Waals surface area contributed by atoms with Gasteiger partial charge in [-0.15, -0.1) is 0 Å². The minimum atomic E-state index is -0.387. The van der Waals surface area contributed by atoms with Crippen LogP contribution in [-0.2, 0) is 11.2 Å². The molecule has 1 N–H and O–H groups in total. The van der Waals surface area contributed by atoms with E-state index in [1.54, 1.807) is 7.11 Å². The molecule has 0 aromatic heterocycles. The molecule has 2 nitrogen and oxygen atoms in total. The zero-order valence-electron chi connectivity index (χ0n) is 12.0. The number of rotatable bonds is 7. The van der Waals surface area contributed by atoms with E-state index in [1.807, 2.05) is 12.1 Å². The molecule has 0 amide bonds. The zero-order valence-corrected chi connectivity index (χ0v) is 12.0. The van der Waals surface area contributed by atoms with Gasteiger partial charge in [-0.2, -0.15) is 0 Å². The number of aliphatic hydroxyl groups excluding tert-OH is 1. The number of ether oxygens (including phenoxy) is 1. The van der Waals surface area contributed by atoms with Crippen molar-refractivity contribution in [2.24, 2.45) is 11.8 Å². The van der Waals surface area contributed by atoms with Gasteiger partial charge in [0, 0.05) is 13.7 Å². The van der Waals surface area contributed by atoms with Gasteiger partial charge in [-0.25, -0.2) is 0 Å². The molecule has 0 radical (unpaired) electrons. The molecule has 1 rings (SSSR count). The van der Waals surface area contributed by atoms with Crippen molar-refractivity contribution >= 4 is 0 Å². The fourth-order valence-electron chi connectivity index (χ4n) is 2.27. The van der Waals surface area contributed by atoms with Crippen molar-refractivity contribution in [1.29, 1.82) is 0 Å². The Hall–Kier alpha value is -0.860. The normalized spacial score (nSPS) is 14.8. The van der Waals surface area contributed by atoms with E-state index < -0.39 is 0 Å². The Bertz CT molecular complexity index is 347. The Kier molecular flexibility index (Phi) is 6.37. The lowest BCUT2D eigenvalue weighted by atomic mass is 9.95. The third-order valence-electron chi connectivity index (χ3n) is 3.06. The van der Waals surface area contributed by atoms with Crippen molar-refractivity contribution in [3.63, 3.8) is 0 Å². The lowest BCUT2D eigenvalue weighted by molar-refractivity contribution is 0.102. The largest absolute Gasteiger partial charge is 0.388 e. The number of hydrogen-bond acceptors (Lipinski definition) is 2. The molecule has 0 aliphatic carbocycles. The molecule has 0 aliphatic heterocycles. The maximum atomic E-state index is 10.2. The Balaban J connectivity index is 2.64. The van der Waals surface area contributed by atoms with Crippen LogP contribution in [0.15, 0.2) is 24.3 Å². The third kappa shape index (κ3) is 5.19. The fraction of sp³-hybridized carbons (Fsp3) is 0.625. The Morgan fingerprint density at radius 1 is 1.22 bits per heavy atom. The molecule has 0 bridgehead atoms. The monoisotopic (exact) mass is 250 g/mol. The summed E-state index contributed by atoms with van der Waals surface area (Å²) in [4.78, 5) is 0. The molecule has 2 unspecified atom stereocenters. The molecule has 0 saturated carbocycles. The first-order valence-electron chi connectivity index (χ1n) is 6.78. The van der Waals surface area contributed by atoms with Gasteiger partial charge in [-0.1, -0.05) is 45.0 Å². The van der Waals surface area contributed by atoms with E-state index in [-0.39, 0.29) is 6.10 Å². The van der Waals surface area contributed by atoms with Crippen molar-refractivity contribution in [3.05, 3.63) is 35.4 Å². The Morgan fingerprint density at radius 2 is 1.94 bits per heavy atom. The summed E-state index contributed by atoms with van der Waals surface area (Å²) in [6.07, 6.45) is 1.43. The lowest BCUT2D eigenvalue weighted by Crippen LogP contribution is -2.09. The van der Waals surface area contributed by atoms with Gasteiger partial charge in [-0.3, -0.25) is 0 Å². The number of aliphatic hydroxyl groups is 1. The topological polar surface area (TPSA) is 29.5 Å². The second kappa shape index (κ2) is 7.55. The summed E-state index contributed by atoms with van der Waals surface area (Å²) in [6.45, 7) is 7.22. The van der Waals surface area contributed by atoms with E-state index in [2.05, 4.69) is 32.9 Å². The fourth-order valence-corrected chi connectivity index (χ4v) is 2.27. The maximum Gasteiger partial charge on any atom is 0.0793 e. The Labute approximate surface area is 111 Å². The molecular formula is C16H26O2. The van der Waals surface area contributed by atoms with Crippen LogP contribution in [0.2, 0.25) is 0 Å². The average Bonchev–Trinajstić information content (AvgIpc) is 2.28. The highest BCUT2D eigenvalue weighted by atomic mass is 16.5. The van der Waals surface area contributed by atoms with Gasteiger partial charge in [0.05, 0.1) is 6.10 Å². The van der Waals surface area contributed by atoms with Crippen molar-refractivity contribution in [2.75, 3.05) is 13.7 Å². The quantitative estimate of drug-likeness (QED) is 0.801. The van der Waals surface area contributed by atoms with Crippen molar-refractivity contribution < 1.29 is 9.84 Å². The van der Waals surface area contributed by atoms with Crippen molar-refractivity contribution in [2.45, 2.75) is 39.7 Å². The summed E-state index contributed by atoms with van der Waals surface area (Å²) in [6, 6.07) is 8.31. The molecule has 0 spiro atoms. The second-order valence-electron chi connectivity index (χ2n) is 5.66. The highest BCUT2D eigenvalue weighted by Crippen LogP contribution is 2.23. The molecule has 18 heavy (non-hydrogen) atoms. The summed E-state index contributed by atoms with van der Waals surface area (Å²) in [5.41, 5.74) is 2.33. The summed E-state index contributed by atoms with van der Waals surface area (Å²) in [5.74, 6) is 1.02. The second-order valence-corrected chi connectivity index (χ2v) is 5.66. The Morgan fingerprint density at radius 3 is 2.56 bits per heavy atom. The van der Waals surface area contributed by atoms with E-state index in [0.29, 0.717) is 18.4 Å². The number of benzene rings is 1. The van der Waals surface area contributed by atoms with E-state index in [0.717, 1.165) is 18.4 Å². The lowest BCUT2D eigenvalue weighted by Gasteiger charge is -2.17. The summed E-state index contributed by atoms with van der Waals surface area (Å²) in [5, 5.41) is 10.2. The molecule has 2 atom stereocenters. The molecule has 0 aliphatic rings. The van der Waals surface area contributed by atoms with Gasteiger partial charge in [-0.05, 0) is 35.8 Å². The molecule has 2 heteroatoms. The summed E-state index contributed by atoms with van der Waals surface area (Å²) in [7, 11) is 1.70. The van der Waals surface area contributed by atoms with E-state index in [9.17, 15) is 5.11 Å². The van der Waals surface area contributed by atoms with Crippen LogP contribution in [0.3, 0.4) is 0 Å². The van der Waals surface area contributed by atoms with Crippen molar-refractivity contribution in [3.8, 4) is 0 Å². The number of hydrogen-bond donors (Lipinski definition) is 1. The molecule has 102 valence electrons. The van der Waals surface area contributed by atoms with Gasteiger partial charge < -0.3 is 9.84 Å². The number of methoxy groups -OCH3 is 1. The van der Waals surface area contributed by atoms with Gasteiger partial charge in [0.2, 0.25) is 0 Å². The first kappa shape index (κ1) is 15.2. The first-order chi connectivity index (χ1) is 8.52. The van der Waals surface area contributed by atoms with Crippen LogP contribution in [-0.4, -0.2) is 18.8 Å². The highest BCUT2D eigenvalue weighted by molar-refractivity contribution is 5.25. The predicted octanol–water partition coefficient (Wildman–Crippen LogP) is 3.59. The SMILES string of the molecule is COCC(C)CC(O)c1cccc(CC(C)C)c1. The smallest absolute Gasteiger partial charge is 0.0793 e. The van der Waals surface area contributed by atoms with Gasteiger partial charge in [0.15, 0.2) is 0 Å². The maximum absolute atomic E-state index is 10.2. The molecule has 0 heterocycles. The van der Waals surface area contributed by atoms with Crippen LogP contribution in [0.1, 0.15) is 44.4 Å². The minimum absolute atomic E-state index is 0.374. The van der Waals surface area contributed by atoms with Crippen LogP contribution in [0.4, 0.5) is 0 Å². The molecule has 0 saturated heterocycles. The minimum Gasteiger partial charge on any atom is -0.388 e. The molecule has 1 aromatic carbocycles. The molecule has 1 aromatic rings. The highest BCUT2D eigenvalue weighted by Gasteiger charge is 2.13. The van der Waals surface area contributed by atoms with Gasteiger partial charge in [0.25, 0.3) is 0 Å².